The first-order valence-corrected chi connectivity index (χ1v) is 3.86. The first-order chi connectivity index (χ1) is 4.93. The Hall–Kier alpha value is -0.790. The second kappa shape index (κ2) is 2.36. The molecule has 0 bridgehead atoms. The summed E-state index contributed by atoms with van der Waals surface area (Å²) in [4.78, 5) is 0. The highest BCUT2D eigenvalue weighted by molar-refractivity contribution is 5.25. The van der Waals surface area contributed by atoms with Crippen molar-refractivity contribution in [3.63, 3.8) is 0 Å². The van der Waals surface area contributed by atoms with E-state index in [0.29, 0.717) is 0 Å². The second-order valence-corrected chi connectivity index (χ2v) is 3.96. The number of nitrogens with zero attached hydrogens (tertiary/aromatic N) is 1. The summed E-state index contributed by atoms with van der Waals surface area (Å²) in [7, 11) is 0. The van der Waals surface area contributed by atoms with Crippen LogP contribution in [0.5, 0.6) is 0 Å². The molecule has 1 aromatic heterocycles. The van der Waals surface area contributed by atoms with Gasteiger partial charge in [0.25, 0.3) is 0 Å². The molecule has 2 nitrogen and oxygen atoms in total. The van der Waals surface area contributed by atoms with E-state index < -0.39 is 0 Å². The van der Waals surface area contributed by atoms with Crippen LogP contribution in [0.25, 0.3) is 0 Å². The highest BCUT2D eigenvalue weighted by Gasteiger charge is 2.21. The van der Waals surface area contributed by atoms with Gasteiger partial charge in [-0.3, -0.25) is 0 Å². The normalized spacial score (nSPS) is 12.1. The van der Waals surface area contributed by atoms with Crippen LogP contribution in [0.2, 0.25) is 0 Å². The average molecular weight is 153 g/mol. The minimum atomic E-state index is 0.0991. The molecule has 0 atom stereocenters. The Morgan fingerprint density at radius 2 is 1.73 bits per heavy atom. The van der Waals surface area contributed by atoms with Gasteiger partial charge in [-0.1, -0.05) is 25.9 Å². The third-order valence-electron chi connectivity index (χ3n) is 1.87. The van der Waals surface area contributed by atoms with Gasteiger partial charge in [0.05, 0.1) is 5.69 Å². The molecule has 0 saturated carbocycles. The van der Waals surface area contributed by atoms with Crippen LogP contribution in [-0.2, 0) is 5.41 Å². The first-order valence-electron chi connectivity index (χ1n) is 3.86. The molecule has 0 aliphatic rings. The molecule has 1 aromatic rings. The second-order valence-electron chi connectivity index (χ2n) is 3.96. The standard InChI is InChI=1S/C9H15NO/c1-6-7(2)11-10-8(6)9(3,4)5/h1-5H3. The summed E-state index contributed by atoms with van der Waals surface area (Å²) >= 11 is 0. The van der Waals surface area contributed by atoms with E-state index in [1.54, 1.807) is 0 Å². The maximum absolute atomic E-state index is 5.07. The quantitative estimate of drug-likeness (QED) is 0.572. The smallest absolute Gasteiger partial charge is 0.136 e. The lowest BCUT2D eigenvalue weighted by Gasteiger charge is -2.14. The van der Waals surface area contributed by atoms with Gasteiger partial charge in [-0.05, 0) is 13.8 Å². The van der Waals surface area contributed by atoms with Gasteiger partial charge in [0, 0.05) is 11.0 Å². The molecule has 11 heavy (non-hydrogen) atoms. The Kier molecular flexibility index (Phi) is 1.78. The van der Waals surface area contributed by atoms with Crippen molar-refractivity contribution in [2.24, 2.45) is 0 Å². The van der Waals surface area contributed by atoms with Crippen LogP contribution < -0.4 is 0 Å². The summed E-state index contributed by atoms with van der Waals surface area (Å²) < 4.78 is 5.07. The Labute approximate surface area is 67.6 Å². The van der Waals surface area contributed by atoms with Gasteiger partial charge < -0.3 is 4.52 Å². The summed E-state index contributed by atoms with van der Waals surface area (Å²) in [6.07, 6.45) is 0. The molecular weight excluding hydrogens is 138 g/mol. The lowest BCUT2D eigenvalue weighted by Crippen LogP contribution is -2.12. The minimum absolute atomic E-state index is 0.0991. The van der Waals surface area contributed by atoms with Crippen LogP contribution in [0.15, 0.2) is 4.52 Å². The molecule has 0 saturated heterocycles. The SMILES string of the molecule is Cc1onc(C(C)(C)C)c1C. The number of aromatic nitrogens is 1. The van der Waals surface area contributed by atoms with Crippen LogP contribution in [0, 0.1) is 13.8 Å². The lowest BCUT2D eigenvalue weighted by atomic mass is 9.89. The minimum Gasteiger partial charge on any atom is -0.361 e. The van der Waals surface area contributed by atoms with E-state index >= 15 is 0 Å². The zero-order valence-corrected chi connectivity index (χ0v) is 7.86. The predicted octanol–water partition coefficient (Wildman–Crippen LogP) is 2.59. The fourth-order valence-corrected chi connectivity index (χ4v) is 1.12. The van der Waals surface area contributed by atoms with E-state index in [2.05, 4.69) is 25.9 Å². The molecule has 1 heterocycles. The molecule has 0 unspecified atom stereocenters. The predicted molar refractivity (Wildman–Crippen MR) is 44.7 cm³/mol. The summed E-state index contributed by atoms with van der Waals surface area (Å²) in [5, 5.41) is 4.01. The summed E-state index contributed by atoms with van der Waals surface area (Å²) in [5.74, 6) is 0.926. The molecule has 0 amide bonds. The van der Waals surface area contributed by atoms with Crippen molar-refractivity contribution < 1.29 is 4.52 Å². The number of hydrogen-bond donors (Lipinski definition) is 0. The molecule has 1 rings (SSSR count). The third kappa shape index (κ3) is 1.44. The fourth-order valence-electron chi connectivity index (χ4n) is 1.12. The molecule has 62 valence electrons. The fraction of sp³-hybridized carbons (Fsp3) is 0.667. The van der Waals surface area contributed by atoms with Crippen molar-refractivity contribution in [2.75, 3.05) is 0 Å². The van der Waals surface area contributed by atoms with E-state index in [0.717, 1.165) is 11.5 Å². The van der Waals surface area contributed by atoms with Gasteiger partial charge >= 0.3 is 0 Å². The van der Waals surface area contributed by atoms with E-state index in [1.807, 2.05) is 13.8 Å². The largest absolute Gasteiger partial charge is 0.361 e. The van der Waals surface area contributed by atoms with Gasteiger partial charge in [0.1, 0.15) is 5.76 Å². The van der Waals surface area contributed by atoms with Crippen molar-refractivity contribution in [2.45, 2.75) is 40.0 Å². The van der Waals surface area contributed by atoms with E-state index in [4.69, 9.17) is 4.52 Å². The van der Waals surface area contributed by atoms with Crippen LogP contribution in [-0.4, -0.2) is 5.16 Å². The molecule has 0 fully saturated rings. The van der Waals surface area contributed by atoms with Crippen LogP contribution in [0.3, 0.4) is 0 Å². The highest BCUT2D eigenvalue weighted by Crippen LogP contribution is 2.25. The highest BCUT2D eigenvalue weighted by atomic mass is 16.5. The Morgan fingerprint density at radius 1 is 1.18 bits per heavy atom. The summed E-state index contributed by atoms with van der Waals surface area (Å²) in [5.41, 5.74) is 2.34. The van der Waals surface area contributed by atoms with E-state index in [9.17, 15) is 0 Å². The van der Waals surface area contributed by atoms with Crippen molar-refractivity contribution in [1.82, 2.24) is 5.16 Å². The van der Waals surface area contributed by atoms with Crippen LogP contribution >= 0.6 is 0 Å². The average Bonchev–Trinajstić information content (AvgIpc) is 2.11. The molecule has 0 aromatic carbocycles. The maximum Gasteiger partial charge on any atom is 0.136 e. The van der Waals surface area contributed by atoms with Gasteiger partial charge in [-0.25, -0.2) is 0 Å². The maximum atomic E-state index is 5.07. The van der Waals surface area contributed by atoms with Crippen molar-refractivity contribution in [3.05, 3.63) is 17.0 Å². The number of rotatable bonds is 0. The van der Waals surface area contributed by atoms with Crippen molar-refractivity contribution in [3.8, 4) is 0 Å². The van der Waals surface area contributed by atoms with E-state index in [-0.39, 0.29) is 5.41 Å². The lowest BCUT2D eigenvalue weighted by molar-refractivity contribution is 0.375. The zero-order chi connectivity index (χ0) is 8.65. The molecule has 2 heteroatoms. The monoisotopic (exact) mass is 153 g/mol. The molecular formula is C9H15NO. The van der Waals surface area contributed by atoms with Gasteiger partial charge in [0.2, 0.25) is 0 Å². The first kappa shape index (κ1) is 8.31. The zero-order valence-electron chi connectivity index (χ0n) is 7.86. The van der Waals surface area contributed by atoms with Crippen molar-refractivity contribution in [1.29, 1.82) is 0 Å². The topological polar surface area (TPSA) is 26.0 Å². The molecule has 0 N–H and O–H groups in total. The van der Waals surface area contributed by atoms with Gasteiger partial charge in [-0.2, -0.15) is 0 Å². The van der Waals surface area contributed by atoms with E-state index in [1.165, 1.54) is 5.56 Å². The van der Waals surface area contributed by atoms with Crippen LogP contribution in [0.4, 0.5) is 0 Å². The number of aryl methyl sites for hydroxylation is 1. The third-order valence-corrected chi connectivity index (χ3v) is 1.87. The Bertz CT molecular complexity index is 255. The van der Waals surface area contributed by atoms with Crippen LogP contribution in [0.1, 0.15) is 37.8 Å². The summed E-state index contributed by atoms with van der Waals surface area (Å²) in [6, 6.07) is 0. The number of hydrogen-bond acceptors (Lipinski definition) is 2. The summed E-state index contributed by atoms with van der Waals surface area (Å²) in [6.45, 7) is 10.4. The molecule has 0 radical (unpaired) electrons. The molecule has 0 aliphatic heterocycles. The van der Waals surface area contributed by atoms with Gasteiger partial charge in [-0.15, -0.1) is 0 Å². The molecule has 0 aliphatic carbocycles. The molecule has 0 spiro atoms. The Morgan fingerprint density at radius 3 is 1.91 bits per heavy atom. The van der Waals surface area contributed by atoms with Crippen molar-refractivity contribution >= 4 is 0 Å². The Balaban J connectivity index is 3.15. The van der Waals surface area contributed by atoms with Gasteiger partial charge in [0.15, 0.2) is 0 Å².